The van der Waals surface area contributed by atoms with Gasteiger partial charge in [0.1, 0.15) is 45.8 Å². The molecule has 1 saturated heterocycles. The SMILES string of the molecule is C=C[C@@H]1C[C@]1(NC(=O)[C@@H]1C[C@@H](Oc2nc(-c3ccc(OC(C)C)cc3)nc3c2sc2ccc(F)cc23)CN1C(=O)[C@@H](Nc1cccc(F)c1)C(C)(C)C)C(=O)NS(=O)(=O)C1CC1. The lowest BCUT2D eigenvalue weighted by Crippen LogP contribution is -2.58. The van der Waals surface area contributed by atoms with Crippen molar-refractivity contribution in [3.05, 3.63) is 91.0 Å². The van der Waals surface area contributed by atoms with Crippen molar-refractivity contribution in [2.75, 3.05) is 11.9 Å². The summed E-state index contributed by atoms with van der Waals surface area (Å²) in [6.07, 6.45) is 1.54. The smallest absolute Gasteiger partial charge is 0.259 e. The average Bonchev–Trinajstić information content (AvgIpc) is 4.12. The third-order valence-electron chi connectivity index (χ3n) is 11.4. The van der Waals surface area contributed by atoms with Gasteiger partial charge in [0.2, 0.25) is 27.7 Å². The van der Waals surface area contributed by atoms with Crippen LogP contribution in [0.3, 0.4) is 0 Å². The summed E-state index contributed by atoms with van der Waals surface area (Å²) < 4.78 is 70.7. The zero-order chi connectivity index (χ0) is 44.3. The lowest BCUT2D eigenvalue weighted by Gasteiger charge is -2.36. The minimum absolute atomic E-state index is 0.0427. The molecule has 62 heavy (non-hydrogen) atoms. The number of benzene rings is 3. The van der Waals surface area contributed by atoms with Crippen molar-refractivity contribution in [3.8, 4) is 23.0 Å². The molecule has 2 saturated carbocycles. The summed E-state index contributed by atoms with van der Waals surface area (Å²) in [7, 11) is -3.95. The highest BCUT2D eigenvalue weighted by atomic mass is 32.2. The van der Waals surface area contributed by atoms with Gasteiger partial charge in [0, 0.05) is 33.7 Å². The highest BCUT2D eigenvalue weighted by Gasteiger charge is 2.62. The minimum atomic E-state index is -3.95. The van der Waals surface area contributed by atoms with Crippen molar-refractivity contribution in [2.24, 2.45) is 11.3 Å². The summed E-state index contributed by atoms with van der Waals surface area (Å²) in [5.41, 5.74) is -0.923. The molecule has 2 aromatic heterocycles. The molecule has 0 spiro atoms. The lowest BCUT2D eigenvalue weighted by atomic mass is 9.85. The summed E-state index contributed by atoms with van der Waals surface area (Å²) in [6.45, 7) is 13.1. The number of likely N-dealkylation sites (tertiary alicyclic amines) is 1. The van der Waals surface area contributed by atoms with E-state index in [1.807, 2.05) is 46.8 Å². The van der Waals surface area contributed by atoms with Crippen LogP contribution in [0.2, 0.25) is 0 Å². The molecule has 8 rings (SSSR count). The molecule has 3 aliphatic rings. The van der Waals surface area contributed by atoms with Gasteiger partial charge in [-0.3, -0.25) is 19.1 Å². The molecule has 3 N–H and O–H groups in total. The van der Waals surface area contributed by atoms with E-state index < -0.39 is 79.7 Å². The van der Waals surface area contributed by atoms with Gasteiger partial charge in [-0.15, -0.1) is 17.9 Å². The van der Waals surface area contributed by atoms with E-state index in [1.165, 1.54) is 52.6 Å². The van der Waals surface area contributed by atoms with E-state index in [-0.39, 0.29) is 37.2 Å². The zero-order valence-corrected chi connectivity index (χ0v) is 36.5. The Hall–Kier alpha value is -5.68. The van der Waals surface area contributed by atoms with Crippen molar-refractivity contribution in [2.45, 2.75) is 95.4 Å². The van der Waals surface area contributed by atoms with E-state index in [2.05, 4.69) is 21.9 Å². The van der Waals surface area contributed by atoms with Crippen LogP contribution >= 0.6 is 11.3 Å². The van der Waals surface area contributed by atoms with Crippen molar-refractivity contribution < 1.29 is 41.1 Å². The predicted molar refractivity (Wildman–Crippen MR) is 233 cm³/mol. The number of hydrogen-bond donors (Lipinski definition) is 3. The topological polar surface area (TPSA) is 169 Å². The number of ether oxygens (including phenoxy) is 2. The number of rotatable bonds is 14. The van der Waals surface area contributed by atoms with Crippen LogP contribution in [0.4, 0.5) is 14.5 Å². The van der Waals surface area contributed by atoms with Crippen LogP contribution in [0.25, 0.3) is 31.7 Å². The second-order valence-corrected chi connectivity index (χ2v) is 20.6. The molecule has 0 bridgehead atoms. The first kappa shape index (κ1) is 43.0. The number of sulfonamides is 1. The Kier molecular flexibility index (Phi) is 11.2. The second kappa shape index (κ2) is 16.2. The number of nitrogens with zero attached hydrogens (tertiary/aromatic N) is 3. The zero-order valence-electron chi connectivity index (χ0n) is 34.9. The highest BCUT2D eigenvalue weighted by Crippen LogP contribution is 2.46. The maximum atomic E-state index is 14.9. The number of anilines is 1. The van der Waals surface area contributed by atoms with E-state index in [0.717, 1.165) is 4.70 Å². The molecular formula is C45H48F2N6O7S2. The number of nitrogens with one attached hydrogen (secondary N) is 3. The van der Waals surface area contributed by atoms with Gasteiger partial charge in [-0.05, 0) is 99.2 Å². The fourth-order valence-electron chi connectivity index (χ4n) is 7.87. The first-order chi connectivity index (χ1) is 29.3. The molecule has 5 atom stereocenters. The Morgan fingerprint density at radius 2 is 1.74 bits per heavy atom. The van der Waals surface area contributed by atoms with E-state index >= 15 is 0 Å². The molecule has 0 unspecified atom stereocenters. The molecule has 3 aromatic carbocycles. The molecule has 3 heterocycles. The summed E-state index contributed by atoms with van der Waals surface area (Å²) >= 11 is 1.31. The third kappa shape index (κ3) is 8.69. The van der Waals surface area contributed by atoms with Gasteiger partial charge in [-0.1, -0.05) is 32.9 Å². The van der Waals surface area contributed by atoms with Gasteiger partial charge in [-0.2, -0.15) is 4.98 Å². The minimum Gasteiger partial charge on any atom is -0.491 e. The number of halogens is 2. The Morgan fingerprint density at radius 3 is 2.39 bits per heavy atom. The van der Waals surface area contributed by atoms with Crippen LogP contribution < -0.4 is 24.8 Å². The molecule has 3 fully saturated rings. The Labute approximate surface area is 362 Å². The van der Waals surface area contributed by atoms with Crippen LogP contribution in [0.1, 0.15) is 60.3 Å². The predicted octanol–water partition coefficient (Wildman–Crippen LogP) is 7.12. The van der Waals surface area contributed by atoms with Gasteiger partial charge in [-0.25, -0.2) is 22.2 Å². The number of aromatic nitrogens is 2. The van der Waals surface area contributed by atoms with Gasteiger partial charge >= 0.3 is 0 Å². The molecule has 1 aliphatic heterocycles. The van der Waals surface area contributed by atoms with Crippen LogP contribution in [0, 0.1) is 23.0 Å². The molecule has 13 nitrogen and oxygen atoms in total. The van der Waals surface area contributed by atoms with Crippen LogP contribution in [-0.4, -0.2) is 82.6 Å². The van der Waals surface area contributed by atoms with Crippen molar-refractivity contribution in [1.29, 1.82) is 0 Å². The van der Waals surface area contributed by atoms with E-state index in [0.29, 0.717) is 45.4 Å². The molecule has 17 heteroatoms. The summed E-state index contributed by atoms with van der Waals surface area (Å²) in [5.74, 6) is -2.46. The third-order valence-corrected chi connectivity index (χ3v) is 14.3. The van der Waals surface area contributed by atoms with E-state index in [9.17, 15) is 31.6 Å². The fraction of sp³-hybridized carbons (Fsp3) is 0.400. The maximum absolute atomic E-state index is 14.9. The quantitative estimate of drug-likeness (QED) is 0.0977. The number of carbonyl (C=O) groups is 3. The Bertz CT molecular complexity index is 2700. The summed E-state index contributed by atoms with van der Waals surface area (Å²) in [5, 5.41) is 5.88. The van der Waals surface area contributed by atoms with Crippen LogP contribution in [0.5, 0.6) is 11.6 Å². The van der Waals surface area contributed by atoms with Gasteiger partial charge < -0.3 is 25.0 Å². The largest absolute Gasteiger partial charge is 0.491 e. The molecule has 2 aliphatic carbocycles. The van der Waals surface area contributed by atoms with E-state index in [1.54, 1.807) is 24.3 Å². The first-order valence-corrected chi connectivity index (χ1v) is 22.9. The second-order valence-electron chi connectivity index (χ2n) is 17.6. The highest BCUT2D eigenvalue weighted by molar-refractivity contribution is 7.91. The number of amides is 3. The number of fused-ring (bicyclic) bond motifs is 3. The Morgan fingerprint density at radius 1 is 1.02 bits per heavy atom. The van der Waals surface area contributed by atoms with Crippen molar-refractivity contribution >= 4 is 65.1 Å². The number of thiophene rings is 1. The molecule has 0 radical (unpaired) electrons. The van der Waals surface area contributed by atoms with Gasteiger partial charge in [0.15, 0.2) is 5.82 Å². The fourth-order valence-corrected chi connectivity index (χ4v) is 10.3. The van der Waals surface area contributed by atoms with E-state index in [4.69, 9.17) is 19.4 Å². The van der Waals surface area contributed by atoms with Gasteiger partial charge in [0.25, 0.3) is 5.91 Å². The van der Waals surface area contributed by atoms with Crippen LogP contribution in [-0.2, 0) is 24.4 Å². The Balaban J connectivity index is 1.16. The van der Waals surface area contributed by atoms with Crippen molar-refractivity contribution in [3.63, 3.8) is 0 Å². The lowest BCUT2D eigenvalue weighted by molar-refractivity contribution is -0.141. The monoisotopic (exact) mass is 886 g/mol. The average molecular weight is 887 g/mol. The molecular weight excluding hydrogens is 839 g/mol. The summed E-state index contributed by atoms with van der Waals surface area (Å²) in [4.78, 5) is 54.3. The molecule has 3 amide bonds. The summed E-state index contributed by atoms with van der Waals surface area (Å²) in [6, 6.07) is 15.2. The maximum Gasteiger partial charge on any atom is 0.259 e. The molecule has 326 valence electrons. The normalized spacial score (nSPS) is 21.7. The van der Waals surface area contributed by atoms with Crippen LogP contribution in [0.15, 0.2) is 79.4 Å². The molecule has 5 aromatic rings. The van der Waals surface area contributed by atoms with Crippen molar-refractivity contribution in [1.82, 2.24) is 24.9 Å². The standard InChI is InChI=1S/C45H48F2N6O7S2/c1-7-26-22-45(26,43(56)52-62(57,58)32-16-17-32)51-40(54)34-21-31(23-53(34)42(55)38(44(4,5)6)48-29-10-8-9-27(46)19-29)60-41-37-36(33-20-28(47)13-18-35(33)61-37)49-39(50-41)25-11-14-30(15-12-25)59-24(2)3/h7-15,18-20,24,26,31-32,34,38,48H,1,16-17,21-23H2,2-6H3,(H,51,54)(H,52,56)/t26-,31-,34+,38-,45-/m1/s1. The first-order valence-electron chi connectivity index (χ1n) is 20.5. The van der Waals surface area contributed by atoms with Gasteiger partial charge in [0.05, 0.1) is 23.4 Å². The number of carbonyl (C=O) groups excluding carboxylic acids is 3. The number of hydrogen-bond acceptors (Lipinski definition) is 11.